The Morgan fingerprint density at radius 3 is 2.83 bits per heavy atom. The van der Waals surface area contributed by atoms with Crippen LogP contribution in [-0.4, -0.2) is 16.6 Å². The average molecular weight is 348 g/mol. The third kappa shape index (κ3) is 3.93. The highest BCUT2D eigenvalue weighted by atomic mass is 32.2. The average Bonchev–Trinajstić information content (AvgIpc) is 3.39. The molecule has 24 heavy (non-hydrogen) atoms. The van der Waals surface area contributed by atoms with Gasteiger partial charge in [-0.3, -0.25) is 9.78 Å². The lowest BCUT2D eigenvalue weighted by Crippen LogP contribution is -2.28. The molecule has 1 saturated carbocycles. The lowest BCUT2D eigenvalue weighted by atomic mass is 10.1. The van der Waals surface area contributed by atoms with Crippen LogP contribution in [0.1, 0.15) is 41.7 Å². The van der Waals surface area contributed by atoms with Gasteiger partial charge in [-0.25, -0.2) is 8.78 Å². The van der Waals surface area contributed by atoms with E-state index in [9.17, 15) is 13.6 Å². The van der Waals surface area contributed by atoms with Gasteiger partial charge in [0.1, 0.15) is 11.4 Å². The molecule has 1 aromatic carbocycles. The number of pyridine rings is 1. The van der Waals surface area contributed by atoms with Crippen molar-refractivity contribution < 1.29 is 13.6 Å². The van der Waals surface area contributed by atoms with Crippen LogP contribution >= 0.6 is 11.8 Å². The van der Waals surface area contributed by atoms with Gasteiger partial charge in [0.15, 0.2) is 5.82 Å². The van der Waals surface area contributed by atoms with Crippen LogP contribution in [0.2, 0.25) is 0 Å². The highest BCUT2D eigenvalue weighted by molar-refractivity contribution is 7.99. The number of aromatic nitrogens is 1. The number of halogens is 2. The van der Waals surface area contributed by atoms with Gasteiger partial charge in [0, 0.05) is 23.0 Å². The SMILES string of the molecule is CC(NC(=O)c1c(F)ccc(SCC2CC2)c1F)c1cccnc1. The molecule has 1 N–H and O–H groups in total. The minimum Gasteiger partial charge on any atom is -0.345 e. The molecule has 1 heterocycles. The van der Waals surface area contributed by atoms with Crippen molar-refractivity contribution in [2.75, 3.05) is 5.75 Å². The smallest absolute Gasteiger partial charge is 0.257 e. The van der Waals surface area contributed by atoms with Crippen molar-refractivity contribution in [3.8, 4) is 0 Å². The number of rotatable bonds is 6. The van der Waals surface area contributed by atoms with E-state index in [1.807, 2.05) is 0 Å². The van der Waals surface area contributed by atoms with Crippen LogP contribution in [-0.2, 0) is 0 Å². The largest absolute Gasteiger partial charge is 0.345 e. The molecule has 6 heteroatoms. The van der Waals surface area contributed by atoms with Crippen molar-refractivity contribution in [1.82, 2.24) is 10.3 Å². The third-order valence-electron chi connectivity index (χ3n) is 3.99. The fourth-order valence-electron chi connectivity index (χ4n) is 2.33. The Bertz CT molecular complexity index is 735. The molecule has 1 atom stereocenters. The van der Waals surface area contributed by atoms with Crippen molar-refractivity contribution in [2.45, 2.75) is 30.7 Å². The maximum Gasteiger partial charge on any atom is 0.257 e. The summed E-state index contributed by atoms with van der Waals surface area (Å²) in [7, 11) is 0. The molecule has 0 saturated heterocycles. The summed E-state index contributed by atoms with van der Waals surface area (Å²) in [5.41, 5.74) is 0.248. The summed E-state index contributed by atoms with van der Waals surface area (Å²) in [6.45, 7) is 1.75. The second kappa shape index (κ2) is 7.30. The number of amides is 1. The van der Waals surface area contributed by atoms with E-state index in [4.69, 9.17) is 0 Å². The Morgan fingerprint density at radius 2 is 2.17 bits per heavy atom. The second-order valence-electron chi connectivity index (χ2n) is 5.97. The van der Waals surface area contributed by atoms with E-state index < -0.39 is 29.1 Å². The van der Waals surface area contributed by atoms with Gasteiger partial charge in [0.05, 0.1) is 6.04 Å². The van der Waals surface area contributed by atoms with Crippen molar-refractivity contribution in [2.24, 2.45) is 5.92 Å². The lowest BCUT2D eigenvalue weighted by Gasteiger charge is -2.15. The monoisotopic (exact) mass is 348 g/mol. The zero-order valence-corrected chi connectivity index (χ0v) is 14.1. The van der Waals surface area contributed by atoms with Crippen molar-refractivity contribution in [3.63, 3.8) is 0 Å². The summed E-state index contributed by atoms with van der Waals surface area (Å²) < 4.78 is 28.6. The summed E-state index contributed by atoms with van der Waals surface area (Å²) >= 11 is 1.34. The molecular formula is C18H18F2N2OS. The van der Waals surface area contributed by atoms with E-state index in [-0.39, 0.29) is 0 Å². The molecule has 3 nitrogen and oxygen atoms in total. The van der Waals surface area contributed by atoms with Crippen LogP contribution in [0, 0.1) is 17.6 Å². The summed E-state index contributed by atoms with van der Waals surface area (Å²) in [6.07, 6.45) is 5.55. The number of hydrogen-bond acceptors (Lipinski definition) is 3. The first-order valence-corrected chi connectivity index (χ1v) is 8.86. The summed E-state index contributed by atoms with van der Waals surface area (Å²) in [6, 6.07) is 5.70. The van der Waals surface area contributed by atoms with Gasteiger partial charge in [0.2, 0.25) is 0 Å². The molecule has 0 bridgehead atoms. The zero-order chi connectivity index (χ0) is 17.1. The number of nitrogens with zero attached hydrogens (tertiary/aromatic N) is 1. The number of carbonyl (C=O) groups excluding carboxylic acids is 1. The Labute approximate surface area is 143 Å². The summed E-state index contributed by atoms with van der Waals surface area (Å²) in [5.74, 6) is -0.969. The number of benzene rings is 1. The number of carbonyl (C=O) groups is 1. The molecule has 1 unspecified atom stereocenters. The highest BCUT2D eigenvalue weighted by Gasteiger charge is 2.25. The molecule has 1 aromatic heterocycles. The van der Waals surface area contributed by atoms with Crippen LogP contribution in [0.4, 0.5) is 8.78 Å². The fraction of sp³-hybridized carbons (Fsp3) is 0.333. The van der Waals surface area contributed by atoms with E-state index in [1.54, 1.807) is 31.5 Å². The molecular weight excluding hydrogens is 330 g/mol. The topological polar surface area (TPSA) is 42.0 Å². The molecule has 1 amide bonds. The molecule has 0 radical (unpaired) electrons. The van der Waals surface area contributed by atoms with Gasteiger partial charge in [-0.05, 0) is 49.4 Å². The van der Waals surface area contributed by atoms with Crippen molar-refractivity contribution in [1.29, 1.82) is 0 Å². The van der Waals surface area contributed by atoms with Crippen LogP contribution < -0.4 is 5.32 Å². The minimum atomic E-state index is -0.848. The van der Waals surface area contributed by atoms with Crippen molar-refractivity contribution >= 4 is 17.7 Å². The van der Waals surface area contributed by atoms with Gasteiger partial charge in [-0.1, -0.05) is 6.07 Å². The molecule has 1 aliphatic carbocycles. The van der Waals surface area contributed by atoms with E-state index in [2.05, 4.69) is 10.3 Å². The van der Waals surface area contributed by atoms with Gasteiger partial charge in [-0.15, -0.1) is 11.8 Å². The zero-order valence-electron chi connectivity index (χ0n) is 13.3. The first-order valence-electron chi connectivity index (χ1n) is 7.88. The molecule has 3 rings (SSSR count). The Hall–Kier alpha value is -1.95. The van der Waals surface area contributed by atoms with Gasteiger partial charge in [0.25, 0.3) is 5.91 Å². The van der Waals surface area contributed by atoms with Crippen molar-refractivity contribution in [3.05, 3.63) is 59.4 Å². The van der Waals surface area contributed by atoms with Crippen LogP contribution in [0.5, 0.6) is 0 Å². The van der Waals surface area contributed by atoms with Gasteiger partial charge >= 0.3 is 0 Å². The second-order valence-corrected chi connectivity index (χ2v) is 7.03. The van der Waals surface area contributed by atoms with Gasteiger partial charge in [-0.2, -0.15) is 0 Å². The maximum absolute atomic E-state index is 14.6. The molecule has 1 aliphatic rings. The quantitative estimate of drug-likeness (QED) is 0.789. The van der Waals surface area contributed by atoms with E-state index in [0.29, 0.717) is 10.8 Å². The predicted molar refractivity (Wildman–Crippen MR) is 89.9 cm³/mol. The van der Waals surface area contributed by atoms with E-state index in [1.165, 1.54) is 17.8 Å². The molecule has 0 aliphatic heterocycles. The minimum absolute atomic E-state index is 0.322. The van der Waals surface area contributed by atoms with Crippen LogP contribution in [0.15, 0.2) is 41.6 Å². The number of nitrogens with one attached hydrogen (secondary N) is 1. The number of hydrogen-bond donors (Lipinski definition) is 1. The Morgan fingerprint density at radius 1 is 1.38 bits per heavy atom. The van der Waals surface area contributed by atoms with Crippen LogP contribution in [0.3, 0.4) is 0 Å². The van der Waals surface area contributed by atoms with E-state index >= 15 is 0 Å². The standard InChI is InChI=1S/C18H18F2N2OS/c1-11(13-3-2-8-21-9-13)22-18(23)16-14(19)6-7-15(17(16)20)24-10-12-4-5-12/h2-3,6-9,11-12H,4-5,10H2,1H3,(H,22,23). The number of thioether (sulfide) groups is 1. The summed E-state index contributed by atoms with van der Waals surface area (Å²) in [5, 5.41) is 2.63. The third-order valence-corrected chi connectivity index (χ3v) is 5.25. The molecule has 126 valence electrons. The van der Waals surface area contributed by atoms with E-state index in [0.717, 1.165) is 30.2 Å². The lowest BCUT2D eigenvalue weighted by molar-refractivity contribution is 0.0930. The first-order chi connectivity index (χ1) is 11.6. The summed E-state index contributed by atoms with van der Waals surface area (Å²) in [4.78, 5) is 16.7. The predicted octanol–water partition coefficient (Wildman–Crippen LogP) is 4.35. The fourth-order valence-corrected chi connectivity index (χ4v) is 3.47. The molecule has 2 aromatic rings. The van der Waals surface area contributed by atoms with Crippen LogP contribution in [0.25, 0.3) is 0 Å². The Balaban J connectivity index is 1.76. The normalized spacial score (nSPS) is 15.1. The Kier molecular flexibility index (Phi) is 5.14. The molecule has 1 fully saturated rings. The molecule has 0 spiro atoms. The highest BCUT2D eigenvalue weighted by Crippen LogP contribution is 2.36. The van der Waals surface area contributed by atoms with Gasteiger partial charge < -0.3 is 5.32 Å². The maximum atomic E-state index is 14.6. The first kappa shape index (κ1) is 16.9.